The first-order chi connectivity index (χ1) is 16.8. The van der Waals surface area contributed by atoms with Gasteiger partial charge < -0.3 is 0 Å². The van der Waals surface area contributed by atoms with E-state index in [1.807, 2.05) is 0 Å². The summed E-state index contributed by atoms with van der Waals surface area (Å²) in [5.74, 6) is 0. The summed E-state index contributed by atoms with van der Waals surface area (Å²) in [6.07, 6.45) is 10.3. The summed E-state index contributed by atoms with van der Waals surface area (Å²) in [7, 11) is -1.95. The van der Waals surface area contributed by atoms with Crippen molar-refractivity contribution in [2.75, 3.05) is 0 Å². The van der Waals surface area contributed by atoms with Crippen LogP contribution < -0.4 is 20.9 Å². The Morgan fingerprint density at radius 3 is 1.26 bits per heavy atom. The SMILES string of the molecule is CC1([Si](C)(C)C2(C)C=c3cccc(-c4ccccc4)c3=C2)C=c2cccc(-c3ccccc3)c2=C1. The molecule has 0 heterocycles. The van der Waals surface area contributed by atoms with Gasteiger partial charge in [-0.3, -0.25) is 0 Å². The Hall–Kier alpha value is -3.42. The van der Waals surface area contributed by atoms with Crippen LogP contribution >= 0.6 is 0 Å². The Morgan fingerprint density at radius 1 is 0.457 bits per heavy atom. The lowest BCUT2D eigenvalue weighted by Gasteiger charge is -2.47. The highest BCUT2D eigenvalue weighted by Gasteiger charge is 2.52. The van der Waals surface area contributed by atoms with Crippen LogP contribution in [0, 0.1) is 0 Å². The van der Waals surface area contributed by atoms with Crippen LogP contribution in [0.3, 0.4) is 0 Å². The monoisotopic (exact) mass is 468 g/mol. The minimum atomic E-state index is -1.95. The van der Waals surface area contributed by atoms with Gasteiger partial charge in [-0.2, -0.15) is 0 Å². The van der Waals surface area contributed by atoms with Crippen LogP contribution in [-0.2, 0) is 0 Å². The molecule has 0 bridgehead atoms. The summed E-state index contributed by atoms with van der Waals surface area (Å²) in [6, 6.07) is 35.2. The van der Waals surface area contributed by atoms with Crippen LogP contribution in [-0.4, -0.2) is 8.07 Å². The van der Waals surface area contributed by atoms with Crippen LogP contribution in [0.5, 0.6) is 0 Å². The summed E-state index contributed by atoms with van der Waals surface area (Å²) < 4.78 is 0. The van der Waals surface area contributed by atoms with E-state index in [-0.39, 0.29) is 10.1 Å². The molecule has 0 saturated heterocycles. The van der Waals surface area contributed by atoms with E-state index in [0.717, 1.165) is 0 Å². The highest BCUT2D eigenvalue weighted by Crippen LogP contribution is 2.57. The molecule has 0 amide bonds. The summed E-state index contributed by atoms with van der Waals surface area (Å²) in [5, 5.41) is 5.61. The minimum Gasteiger partial charge on any atom is -0.0696 e. The number of hydrogen-bond donors (Lipinski definition) is 0. The predicted molar refractivity (Wildman–Crippen MR) is 154 cm³/mol. The first-order valence-electron chi connectivity index (χ1n) is 12.6. The van der Waals surface area contributed by atoms with Crippen LogP contribution in [0.1, 0.15) is 13.8 Å². The van der Waals surface area contributed by atoms with E-state index in [2.05, 4.69) is 148 Å². The van der Waals surface area contributed by atoms with Gasteiger partial charge >= 0.3 is 0 Å². The molecule has 35 heavy (non-hydrogen) atoms. The summed E-state index contributed by atoms with van der Waals surface area (Å²) in [6.45, 7) is 10.1. The molecule has 0 fully saturated rings. The van der Waals surface area contributed by atoms with Gasteiger partial charge in [0.15, 0.2) is 0 Å². The fourth-order valence-corrected chi connectivity index (χ4v) is 9.31. The van der Waals surface area contributed by atoms with E-state index in [0.29, 0.717) is 0 Å². The molecule has 172 valence electrons. The maximum Gasteiger partial charge on any atom is 0.0769 e. The van der Waals surface area contributed by atoms with E-state index < -0.39 is 8.07 Å². The van der Waals surface area contributed by atoms with Crippen molar-refractivity contribution >= 4 is 32.4 Å². The molecule has 2 aliphatic rings. The zero-order valence-corrected chi connectivity index (χ0v) is 22.0. The molecule has 1 heteroatoms. The second kappa shape index (κ2) is 7.80. The van der Waals surface area contributed by atoms with Gasteiger partial charge in [-0.25, -0.2) is 0 Å². The van der Waals surface area contributed by atoms with E-state index in [9.17, 15) is 0 Å². The van der Waals surface area contributed by atoms with Crippen LogP contribution in [0.25, 0.3) is 46.6 Å². The van der Waals surface area contributed by atoms with E-state index >= 15 is 0 Å². The van der Waals surface area contributed by atoms with Crippen molar-refractivity contribution in [1.82, 2.24) is 0 Å². The second-order valence-corrected chi connectivity index (χ2v) is 16.5. The predicted octanol–water partition coefficient (Wildman–Crippen LogP) is 6.10. The van der Waals surface area contributed by atoms with Crippen molar-refractivity contribution in [2.45, 2.75) is 37.0 Å². The zero-order chi connectivity index (χ0) is 24.3. The van der Waals surface area contributed by atoms with Crippen LogP contribution in [0.15, 0.2) is 97.1 Å². The van der Waals surface area contributed by atoms with Gasteiger partial charge in [0.25, 0.3) is 0 Å². The van der Waals surface area contributed by atoms with Crippen molar-refractivity contribution in [2.24, 2.45) is 0 Å². The van der Waals surface area contributed by atoms with Gasteiger partial charge in [0.05, 0.1) is 8.07 Å². The molecule has 0 saturated carbocycles. The molecule has 2 aliphatic carbocycles. The molecule has 0 aliphatic heterocycles. The third-order valence-corrected chi connectivity index (χ3v) is 14.9. The van der Waals surface area contributed by atoms with Gasteiger partial charge in [0, 0.05) is 10.1 Å². The molecular weight excluding hydrogens is 436 g/mol. The van der Waals surface area contributed by atoms with Gasteiger partial charge in [0.1, 0.15) is 0 Å². The molecule has 2 unspecified atom stereocenters. The van der Waals surface area contributed by atoms with Gasteiger partial charge in [-0.05, 0) is 43.1 Å². The van der Waals surface area contributed by atoms with Crippen molar-refractivity contribution in [3.8, 4) is 22.3 Å². The quantitative estimate of drug-likeness (QED) is 0.318. The summed E-state index contributed by atoms with van der Waals surface area (Å²) in [5.41, 5.74) is 5.27. The number of fused-ring (bicyclic) bond motifs is 2. The molecule has 0 N–H and O–H groups in total. The highest BCUT2D eigenvalue weighted by atomic mass is 28.3. The van der Waals surface area contributed by atoms with E-state index in [4.69, 9.17) is 0 Å². The van der Waals surface area contributed by atoms with Crippen LogP contribution in [0.2, 0.25) is 23.2 Å². The van der Waals surface area contributed by atoms with Crippen molar-refractivity contribution in [3.63, 3.8) is 0 Å². The molecule has 6 rings (SSSR count). The highest BCUT2D eigenvalue weighted by molar-refractivity contribution is 6.88. The second-order valence-electron chi connectivity index (χ2n) is 11.1. The molecule has 2 atom stereocenters. The maximum atomic E-state index is 2.59. The molecule has 4 aromatic carbocycles. The lowest BCUT2D eigenvalue weighted by molar-refractivity contribution is 0.909. The lowest BCUT2D eigenvalue weighted by atomic mass is 10.0. The summed E-state index contributed by atoms with van der Waals surface area (Å²) >= 11 is 0. The minimum absolute atomic E-state index is 0.0386. The number of benzene rings is 4. The molecule has 0 aromatic heterocycles. The Balaban J connectivity index is 1.50. The topological polar surface area (TPSA) is 0 Å². The van der Waals surface area contributed by atoms with Gasteiger partial charge in [-0.1, -0.05) is 148 Å². The Morgan fingerprint density at radius 2 is 0.857 bits per heavy atom. The fourth-order valence-electron chi connectivity index (χ4n) is 6.11. The first kappa shape index (κ1) is 22.1. The Labute approximate surface area is 209 Å². The molecular formula is C34H32Si. The fraction of sp³-hybridized carbons (Fsp3) is 0.176. The van der Waals surface area contributed by atoms with Gasteiger partial charge in [-0.15, -0.1) is 0 Å². The van der Waals surface area contributed by atoms with Crippen molar-refractivity contribution < 1.29 is 0 Å². The standard InChI is InChI=1S/C34H32Si/c1-33(21-27-17-11-19-29(31(27)23-33)25-13-7-5-8-14-25)35(3,4)34(2)22-28-18-12-20-30(32(28)24-34)26-15-9-6-10-16-26/h5-24H,1-4H3. The molecule has 4 aromatic rings. The normalized spacial score (nSPS) is 22.3. The smallest absolute Gasteiger partial charge is 0.0696 e. The third kappa shape index (κ3) is 3.33. The maximum absolute atomic E-state index is 2.59. The Kier molecular flexibility index (Phi) is 4.91. The van der Waals surface area contributed by atoms with Crippen LogP contribution in [0.4, 0.5) is 0 Å². The first-order valence-corrected chi connectivity index (χ1v) is 15.6. The van der Waals surface area contributed by atoms with E-state index in [1.54, 1.807) is 0 Å². The third-order valence-electron chi connectivity index (χ3n) is 8.94. The summed E-state index contributed by atoms with van der Waals surface area (Å²) in [4.78, 5) is 0. The van der Waals surface area contributed by atoms with E-state index in [1.165, 1.54) is 43.1 Å². The zero-order valence-electron chi connectivity index (χ0n) is 21.0. The number of hydrogen-bond acceptors (Lipinski definition) is 0. The van der Waals surface area contributed by atoms with Crippen molar-refractivity contribution in [1.29, 1.82) is 0 Å². The van der Waals surface area contributed by atoms with Gasteiger partial charge in [0.2, 0.25) is 0 Å². The van der Waals surface area contributed by atoms with Crippen molar-refractivity contribution in [3.05, 3.63) is 118 Å². The Bertz CT molecular complexity index is 1550. The average molecular weight is 469 g/mol. The average Bonchev–Trinajstić information content (AvgIpc) is 3.42. The molecule has 0 radical (unpaired) electrons. The number of rotatable bonds is 4. The molecule has 0 spiro atoms. The largest absolute Gasteiger partial charge is 0.0769 e. The lowest BCUT2D eigenvalue weighted by Crippen LogP contribution is -2.46. The molecule has 0 nitrogen and oxygen atoms in total.